The number of sulfone groups is 1. The Bertz CT molecular complexity index is 570. The number of thiocarbonyl (C=S) groups is 1. The van der Waals surface area contributed by atoms with E-state index in [4.69, 9.17) is 17.0 Å². The van der Waals surface area contributed by atoms with E-state index < -0.39 is 9.84 Å². The Morgan fingerprint density at radius 3 is 2.72 bits per heavy atom. The van der Waals surface area contributed by atoms with Gasteiger partial charge in [-0.2, -0.15) is 0 Å². The van der Waals surface area contributed by atoms with Crippen molar-refractivity contribution in [2.45, 2.75) is 18.7 Å². The van der Waals surface area contributed by atoms with E-state index in [2.05, 4.69) is 0 Å². The van der Waals surface area contributed by atoms with Crippen molar-refractivity contribution in [3.63, 3.8) is 0 Å². The van der Waals surface area contributed by atoms with Gasteiger partial charge in [0, 0.05) is 6.54 Å². The summed E-state index contributed by atoms with van der Waals surface area (Å²) in [6, 6.07) is 9.74. The lowest BCUT2D eigenvalue weighted by Gasteiger charge is -2.21. The maximum absolute atomic E-state index is 11.6. The van der Waals surface area contributed by atoms with Gasteiger partial charge in [-0.25, -0.2) is 8.42 Å². The fraction of sp³-hybridized carbons (Fsp3) is 0.417. The van der Waals surface area contributed by atoms with Crippen LogP contribution in [-0.4, -0.2) is 42.1 Å². The molecule has 0 saturated carbocycles. The van der Waals surface area contributed by atoms with Gasteiger partial charge >= 0.3 is 0 Å². The van der Waals surface area contributed by atoms with Crippen LogP contribution in [0.15, 0.2) is 30.3 Å². The van der Waals surface area contributed by atoms with Crippen LogP contribution in [0.4, 0.5) is 0 Å². The first-order chi connectivity index (χ1) is 8.55. The lowest BCUT2D eigenvalue weighted by molar-refractivity contribution is 0.232. The molecule has 4 nitrogen and oxygen atoms in total. The summed E-state index contributed by atoms with van der Waals surface area (Å²) in [4.78, 5) is 1.89. The molecule has 0 N–H and O–H groups in total. The molecule has 6 heteroatoms. The van der Waals surface area contributed by atoms with Crippen LogP contribution >= 0.6 is 12.2 Å². The van der Waals surface area contributed by atoms with E-state index in [1.807, 2.05) is 35.2 Å². The third-order valence-corrected chi connectivity index (χ3v) is 5.37. The standard InChI is InChI=1S/C12H13NO3S2/c14-18(15)7-10-11(8-18)16-12(17)13(10)6-9-4-2-1-3-5-9/h1-5,10-11H,6-8H2/t10-,11+/m1/s1. The third kappa shape index (κ3) is 2.10. The minimum absolute atomic E-state index is 0.0864. The summed E-state index contributed by atoms with van der Waals surface area (Å²) < 4.78 is 28.7. The molecule has 1 aromatic rings. The van der Waals surface area contributed by atoms with E-state index in [0.29, 0.717) is 11.7 Å². The highest BCUT2D eigenvalue weighted by atomic mass is 32.2. The number of fused-ring (bicyclic) bond motifs is 1. The number of ether oxygens (including phenoxy) is 1. The van der Waals surface area contributed by atoms with E-state index in [-0.39, 0.29) is 23.7 Å². The molecule has 96 valence electrons. The molecule has 2 aliphatic rings. The normalized spacial score (nSPS) is 29.1. The number of nitrogens with zero attached hydrogens (tertiary/aromatic N) is 1. The van der Waals surface area contributed by atoms with Gasteiger partial charge < -0.3 is 9.64 Å². The van der Waals surface area contributed by atoms with Crippen molar-refractivity contribution in [1.82, 2.24) is 4.90 Å². The molecule has 0 radical (unpaired) electrons. The van der Waals surface area contributed by atoms with E-state index >= 15 is 0 Å². The number of hydrogen-bond acceptors (Lipinski definition) is 4. The molecule has 0 amide bonds. The molecule has 0 bridgehead atoms. The Hall–Kier alpha value is -1.14. The zero-order chi connectivity index (χ0) is 12.8. The van der Waals surface area contributed by atoms with Crippen LogP contribution in [0.25, 0.3) is 0 Å². The van der Waals surface area contributed by atoms with Crippen LogP contribution in [-0.2, 0) is 21.1 Å². The Morgan fingerprint density at radius 1 is 1.28 bits per heavy atom. The fourth-order valence-electron chi connectivity index (χ4n) is 2.49. The predicted molar refractivity (Wildman–Crippen MR) is 71.9 cm³/mol. The Morgan fingerprint density at radius 2 is 2.00 bits per heavy atom. The summed E-state index contributed by atoms with van der Waals surface area (Å²) in [7, 11) is -2.98. The first-order valence-corrected chi connectivity index (χ1v) is 8.00. The summed E-state index contributed by atoms with van der Waals surface area (Å²) in [5, 5.41) is 0.420. The van der Waals surface area contributed by atoms with Crippen molar-refractivity contribution in [3.8, 4) is 0 Å². The largest absolute Gasteiger partial charge is 0.464 e. The van der Waals surface area contributed by atoms with Crippen molar-refractivity contribution in [1.29, 1.82) is 0 Å². The van der Waals surface area contributed by atoms with Crippen molar-refractivity contribution in [2.24, 2.45) is 0 Å². The van der Waals surface area contributed by atoms with E-state index in [1.165, 1.54) is 0 Å². The minimum Gasteiger partial charge on any atom is -0.464 e. The average Bonchev–Trinajstić information content (AvgIpc) is 2.74. The molecule has 2 fully saturated rings. The molecule has 2 aliphatic heterocycles. The maximum Gasteiger partial charge on any atom is 0.260 e. The number of rotatable bonds is 2. The van der Waals surface area contributed by atoms with Gasteiger partial charge in [-0.3, -0.25) is 0 Å². The summed E-state index contributed by atoms with van der Waals surface area (Å²) in [5.74, 6) is 0.230. The Balaban J connectivity index is 1.82. The SMILES string of the molecule is O=S1(=O)C[C@@H]2OC(=S)N(Cc3ccccc3)[C@@H]2C1. The second-order valence-electron chi connectivity index (χ2n) is 4.68. The first kappa shape index (κ1) is 11.9. The summed E-state index contributed by atoms with van der Waals surface area (Å²) >= 11 is 5.18. The lowest BCUT2D eigenvalue weighted by atomic mass is 10.1. The minimum atomic E-state index is -2.98. The van der Waals surface area contributed by atoms with E-state index in [9.17, 15) is 8.42 Å². The molecule has 0 unspecified atom stereocenters. The highest BCUT2D eigenvalue weighted by Gasteiger charge is 2.48. The molecule has 0 aromatic heterocycles. The van der Waals surface area contributed by atoms with E-state index in [0.717, 1.165) is 5.56 Å². The topological polar surface area (TPSA) is 46.6 Å². The molecule has 0 aliphatic carbocycles. The zero-order valence-corrected chi connectivity index (χ0v) is 11.3. The monoisotopic (exact) mass is 283 g/mol. The molecule has 3 rings (SSSR count). The van der Waals surface area contributed by atoms with Crippen molar-refractivity contribution in [3.05, 3.63) is 35.9 Å². The van der Waals surface area contributed by atoms with Crippen LogP contribution in [0, 0.1) is 0 Å². The van der Waals surface area contributed by atoms with Gasteiger partial charge in [0.1, 0.15) is 6.10 Å². The van der Waals surface area contributed by atoms with Crippen LogP contribution in [0.1, 0.15) is 5.56 Å². The quantitative estimate of drug-likeness (QED) is 0.757. The van der Waals surface area contributed by atoms with Crippen molar-refractivity contribution in [2.75, 3.05) is 11.5 Å². The van der Waals surface area contributed by atoms with Gasteiger partial charge in [-0.05, 0) is 17.8 Å². The van der Waals surface area contributed by atoms with Crippen molar-refractivity contribution >= 4 is 27.2 Å². The van der Waals surface area contributed by atoms with Crippen LogP contribution < -0.4 is 0 Å². The Labute approximate surface area is 111 Å². The van der Waals surface area contributed by atoms with Gasteiger partial charge in [0.15, 0.2) is 9.84 Å². The lowest BCUT2D eigenvalue weighted by Crippen LogP contribution is -2.36. The summed E-state index contributed by atoms with van der Waals surface area (Å²) in [5.41, 5.74) is 1.10. The highest BCUT2D eigenvalue weighted by molar-refractivity contribution is 7.91. The average molecular weight is 283 g/mol. The third-order valence-electron chi connectivity index (χ3n) is 3.35. The van der Waals surface area contributed by atoms with E-state index in [1.54, 1.807) is 0 Å². The van der Waals surface area contributed by atoms with Crippen LogP contribution in [0.3, 0.4) is 0 Å². The van der Waals surface area contributed by atoms with Crippen molar-refractivity contribution < 1.29 is 13.2 Å². The van der Waals surface area contributed by atoms with Gasteiger partial charge in [-0.1, -0.05) is 30.3 Å². The van der Waals surface area contributed by atoms with Gasteiger partial charge in [0.25, 0.3) is 5.17 Å². The first-order valence-electron chi connectivity index (χ1n) is 5.77. The molecule has 18 heavy (non-hydrogen) atoms. The molecule has 2 atom stereocenters. The smallest absolute Gasteiger partial charge is 0.260 e. The fourth-order valence-corrected chi connectivity index (χ4v) is 4.66. The van der Waals surface area contributed by atoms with Gasteiger partial charge in [0.2, 0.25) is 0 Å². The molecule has 2 saturated heterocycles. The second-order valence-corrected chi connectivity index (χ2v) is 7.18. The molecule has 2 heterocycles. The van der Waals surface area contributed by atoms with Gasteiger partial charge in [-0.15, -0.1) is 0 Å². The molecular weight excluding hydrogens is 270 g/mol. The summed E-state index contributed by atoms with van der Waals surface area (Å²) in [6.07, 6.45) is -0.286. The summed E-state index contributed by atoms with van der Waals surface area (Å²) in [6.45, 7) is 0.607. The molecule has 1 aromatic carbocycles. The van der Waals surface area contributed by atoms with Crippen LogP contribution in [0.5, 0.6) is 0 Å². The number of benzene rings is 1. The Kier molecular flexibility index (Phi) is 2.79. The predicted octanol–water partition coefficient (Wildman–Crippen LogP) is 0.969. The molecule has 0 spiro atoms. The number of hydrogen-bond donors (Lipinski definition) is 0. The van der Waals surface area contributed by atoms with Gasteiger partial charge in [0.05, 0.1) is 17.5 Å². The highest BCUT2D eigenvalue weighted by Crippen LogP contribution is 2.29. The maximum atomic E-state index is 11.6. The second kappa shape index (κ2) is 4.20. The molecular formula is C12H13NO3S2. The van der Waals surface area contributed by atoms with Crippen LogP contribution in [0.2, 0.25) is 0 Å². The zero-order valence-electron chi connectivity index (χ0n) is 9.65.